The van der Waals surface area contributed by atoms with Crippen molar-refractivity contribution in [2.75, 3.05) is 5.32 Å². The van der Waals surface area contributed by atoms with E-state index >= 15 is 0 Å². The molecule has 0 radical (unpaired) electrons. The third kappa shape index (κ3) is 3.76. The molecule has 5 heteroatoms. The standard InChI is InChI=1S/C20H21N3O2/c1-14(2)9-12-23-13-18(16-5-3-4-6-17(16)20(23)25)19(24)22-15-7-10-21-11-8-15/h3-8,10-11,13-14H,9,12H2,1-2H3,(H,21,22,24). The number of amides is 1. The molecule has 3 aromatic rings. The maximum atomic E-state index is 12.8. The number of nitrogens with one attached hydrogen (secondary N) is 1. The van der Waals surface area contributed by atoms with Crippen molar-refractivity contribution in [2.24, 2.45) is 5.92 Å². The van der Waals surface area contributed by atoms with E-state index in [2.05, 4.69) is 24.1 Å². The second-order valence-electron chi connectivity index (χ2n) is 6.46. The minimum Gasteiger partial charge on any atom is -0.322 e. The lowest BCUT2D eigenvalue weighted by atomic mass is 10.1. The Morgan fingerprint density at radius 3 is 2.48 bits per heavy atom. The first-order valence-corrected chi connectivity index (χ1v) is 8.40. The largest absolute Gasteiger partial charge is 0.322 e. The summed E-state index contributed by atoms with van der Waals surface area (Å²) in [6.07, 6.45) is 5.79. The molecule has 2 aromatic heterocycles. The summed E-state index contributed by atoms with van der Waals surface area (Å²) in [5.41, 5.74) is 1.11. The van der Waals surface area contributed by atoms with Gasteiger partial charge in [0.1, 0.15) is 0 Å². The number of anilines is 1. The van der Waals surface area contributed by atoms with Crippen molar-refractivity contribution in [3.05, 3.63) is 70.9 Å². The van der Waals surface area contributed by atoms with Crippen LogP contribution in [-0.4, -0.2) is 15.5 Å². The van der Waals surface area contributed by atoms with Gasteiger partial charge in [-0.25, -0.2) is 0 Å². The number of carbonyl (C=O) groups excluding carboxylic acids is 1. The lowest BCUT2D eigenvalue weighted by Gasteiger charge is -2.13. The van der Waals surface area contributed by atoms with Gasteiger partial charge in [0.05, 0.1) is 5.56 Å². The highest BCUT2D eigenvalue weighted by atomic mass is 16.2. The van der Waals surface area contributed by atoms with E-state index in [1.54, 1.807) is 41.4 Å². The molecule has 128 valence electrons. The fraction of sp³-hybridized carbons (Fsp3) is 0.250. The first-order chi connectivity index (χ1) is 12.1. The van der Waals surface area contributed by atoms with Crippen LogP contribution in [0.15, 0.2) is 59.8 Å². The van der Waals surface area contributed by atoms with Crippen LogP contribution in [0.4, 0.5) is 5.69 Å². The highest BCUT2D eigenvalue weighted by Gasteiger charge is 2.15. The molecule has 0 unspecified atom stereocenters. The number of hydrogen-bond donors (Lipinski definition) is 1. The third-order valence-electron chi connectivity index (χ3n) is 4.12. The van der Waals surface area contributed by atoms with Crippen molar-refractivity contribution < 1.29 is 4.79 Å². The Hall–Kier alpha value is -2.95. The van der Waals surface area contributed by atoms with E-state index in [0.717, 1.165) is 6.42 Å². The van der Waals surface area contributed by atoms with Gasteiger partial charge in [-0.05, 0) is 30.5 Å². The van der Waals surface area contributed by atoms with Gasteiger partial charge in [-0.1, -0.05) is 32.0 Å². The van der Waals surface area contributed by atoms with Crippen LogP contribution in [0.2, 0.25) is 0 Å². The Kier molecular flexibility index (Phi) is 4.93. The fourth-order valence-electron chi connectivity index (χ4n) is 2.72. The third-order valence-corrected chi connectivity index (χ3v) is 4.12. The highest BCUT2D eigenvalue weighted by molar-refractivity contribution is 6.12. The molecule has 1 N–H and O–H groups in total. The number of benzene rings is 1. The van der Waals surface area contributed by atoms with Crippen LogP contribution in [0.1, 0.15) is 30.6 Å². The van der Waals surface area contributed by atoms with E-state index in [1.807, 2.05) is 18.2 Å². The topological polar surface area (TPSA) is 64.0 Å². The zero-order valence-electron chi connectivity index (χ0n) is 14.4. The first-order valence-electron chi connectivity index (χ1n) is 8.40. The van der Waals surface area contributed by atoms with Crippen LogP contribution in [-0.2, 0) is 6.54 Å². The van der Waals surface area contributed by atoms with Gasteiger partial charge in [-0.15, -0.1) is 0 Å². The maximum Gasteiger partial charge on any atom is 0.258 e. The number of nitrogens with zero attached hydrogens (tertiary/aromatic N) is 2. The summed E-state index contributed by atoms with van der Waals surface area (Å²) in [5, 5.41) is 4.10. The average molecular weight is 335 g/mol. The van der Waals surface area contributed by atoms with Gasteiger partial charge in [-0.3, -0.25) is 14.6 Å². The van der Waals surface area contributed by atoms with Crippen molar-refractivity contribution in [2.45, 2.75) is 26.8 Å². The highest BCUT2D eigenvalue weighted by Crippen LogP contribution is 2.18. The molecule has 5 nitrogen and oxygen atoms in total. The van der Waals surface area contributed by atoms with Crippen molar-refractivity contribution in [3.63, 3.8) is 0 Å². The second-order valence-corrected chi connectivity index (χ2v) is 6.46. The Bertz CT molecular complexity index is 946. The van der Waals surface area contributed by atoms with Gasteiger partial charge in [0, 0.05) is 41.6 Å². The summed E-state index contributed by atoms with van der Waals surface area (Å²) in [7, 11) is 0. The van der Waals surface area contributed by atoms with Gasteiger partial charge in [0.2, 0.25) is 0 Å². The van der Waals surface area contributed by atoms with Crippen LogP contribution in [0, 0.1) is 5.92 Å². The SMILES string of the molecule is CC(C)CCn1cc(C(=O)Nc2ccncc2)c2ccccc2c1=O. The molecule has 2 heterocycles. The van der Waals surface area contributed by atoms with Crippen LogP contribution in [0.5, 0.6) is 0 Å². The van der Waals surface area contributed by atoms with Gasteiger partial charge in [0.15, 0.2) is 0 Å². The molecular weight excluding hydrogens is 314 g/mol. The van der Waals surface area contributed by atoms with E-state index < -0.39 is 0 Å². The molecule has 0 saturated heterocycles. The summed E-state index contributed by atoms with van der Waals surface area (Å²) < 4.78 is 1.64. The smallest absolute Gasteiger partial charge is 0.258 e. The van der Waals surface area contributed by atoms with E-state index in [4.69, 9.17) is 0 Å². The summed E-state index contributed by atoms with van der Waals surface area (Å²) >= 11 is 0. The van der Waals surface area contributed by atoms with E-state index in [9.17, 15) is 9.59 Å². The predicted octanol–water partition coefficient (Wildman–Crippen LogP) is 3.69. The molecule has 0 aliphatic carbocycles. The fourth-order valence-corrected chi connectivity index (χ4v) is 2.72. The normalized spacial score (nSPS) is 11.0. The number of fused-ring (bicyclic) bond motifs is 1. The van der Waals surface area contributed by atoms with Crippen LogP contribution < -0.4 is 10.9 Å². The number of aryl methyl sites for hydroxylation is 1. The Labute approximate surface area is 146 Å². The van der Waals surface area contributed by atoms with Crippen molar-refractivity contribution in [1.82, 2.24) is 9.55 Å². The van der Waals surface area contributed by atoms with Gasteiger partial charge < -0.3 is 9.88 Å². The molecule has 25 heavy (non-hydrogen) atoms. The lowest BCUT2D eigenvalue weighted by molar-refractivity contribution is 0.102. The number of carbonyl (C=O) groups is 1. The van der Waals surface area contributed by atoms with Crippen molar-refractivity contribution in [1.29, 1.82) is 0 Å². The van der Waals surface area contributed by atoms with E-state index in [-0.39, 0.29) is 11.5 Å². The number of aromatic nitrogens is 2. The van der Waals surface area contributed by atoms with Crippen molar-refractivity contribution >= 4 is 22.4 Å². The Morgan fingerprint density at radius 2 is 1.80 bits per heavy atom. The molecule has 0 spiro atoms. The molecule has 1 aromatic carbocycles. The number of hydrogen-bond acceptors (Lipinski definition) is 3. The van der Waals surface area contributed by atoms with Crippen molar-refractivity contribution in [3.8, 4) is 0 Å². The average Bonchev–Trinajstić information content (AvgIpc) is 2.62. The second kappa shape index (κ2) is 7.30. The molecule has 0 fully saturated rings. The minimum absolute atomic E-state index is 0.0586. The molecule has 0 aliphatic heterocycles. The zero-order valence-corrected chi connectivity index (χ0v) is 14.4. The van der Waals surface area contributed by atoms with Crippen LogP contribution in [0.3, 0.4) is 0 Å². The molecule has 0 bridgehead atoms. The predicted molar refractivity (Wildman–Crippen MR) is 99.9 cm³/mol. The molecule has 3 rings (SSSR count). The first kappa shape index (κ1) is 16.9. The van der Waals surface area contributed by atoms with Crippen LogP contribution in [0.25, 0.3) is 10.8 Å². The molecule has 0 atom stereocenters. The van der Waals surface area contributed by atoms with E-state index in [0.29, 0.717) is 34.5 Å². The number of pyridine rings is 2. The van der Waals surface area contributed by atoms with Gasteiger partial charge >= 0.3 is 0 Å². The van der Waals surface area contributed by atoms with E-state index in [1.165, 1.54) is 0 Å². The summed E-state index contributed by atoms with van der Waals surface area (Å²) in [6.45, 7) is 4.82. The maximum absolute atomic E-state index is 12.8. The van der Waals surface area contributed by atoms with Gasteiger partial charge in [0.25, 0.3) is 11.5 Å². The summed E-state index contributed by atoms with van der Waals surface area (Å²) in [4.78, 5) is 29.4. The molecular formula is C20H21N3O2. The zero-order chi connectivity index (χ0) is 17.8. The summed E-state index contributed by atoms with van der Waals surface area (Å²) in [6, 6.07) is 10.7. The Balaban J connectivity index is 2.05. The lowest BCUT2D eigenvalue weighted by Crippen LogP contribution is -2.24. The minimum atomic E-state index is -0.235. The number of rotatable bonds is 5. The quantitative estimate of drug-likeness (QED) is 0.773. The molecule has 0 saturated carbocycles. The molecule has 1 amide bonds. The monoisotopic (exact) mass is 335 g/mol. The molecule has 0 aliphatic rings. The van der Waals surface area contributed by atoms with Gasteiger partial charge in [-0.2, -0.15) is 0 Å². The Morgan fingerprint density at radius 1 is 1.12 bits per heavy atom. The summed E-state index contributed by atoms with van der Waals surface area (Å²) in [5.74, 6) is 0.244. The van der Waals surface area contributed by atoms with Crippen LogP contribution >= 0.6 is 0 Å².